The SMILES string of the molecule is CC(C)c1ccc(C2C(S(=O)(=O)NCc3ccccc3F)CON2C)cc1. The van der Waals surface area contributed by atoms with Gasteiger partial charge in [-0.15, -0.1) is 0 Å². The minimum absolute atomic E-state index is 0.0553. The monoisotopic (exact) mass is 392 g/mol. The van der Waals surface area contributed by atoms with E-state index in [2.05, 4.69) is 18.6 Å². The quantitative estimate of drug-likeness (QED) is 0.819. The average Bonchev–Trinajstić information content (AvgIpc) is 3.03. The molecular formula is C20H25FN2O3S. The van der Waals surface area contributed by atoms with E-state index in [-0.39, 0.29) is 13.2 Å². The van der Waals surface area contributed by atoms with Crippen LogP contribution in [0.5, 0.6) is 0 Å². The van der Waals surface area contributed by atoms with Crippen molar-refractivity contribution in [3.63, 3.8) is 0 Å². The van der Waals surface area contributed by atoms with E-state index >= 15 is 0 Å². The molecule has 2 atom stereocenters. The van der Waals surface area contributed by atoms with Gasteiger partial charge in [0.25, 0.3) is 0 Å². The Balaban J connectivity index is 1.80. The summed E-state index contributed by atoms with van der Waals surface area (Å²) in [5.74, 6) is -0.0283. The zero-order valence-corrected chi connectivity index (χ0v) is 16.5. The highest BCUT2D eigenvalue weighted by molar-refractivity contribution is 7.90. The molecule has 7 heteroatoms. The third-order valence-corrected chi connectivity index (χ3v) is 6.69. The first kappa shape index (κ1) is 19.9. The van der Waals surface area contributed by atoms with Crippen molar-refractivity contribution >= 4 is 10.0 Å². The second-order valence-corrected chi connectivity index (χ2v) is 9.09. The third kappa shape index (κ3) is 4.38. The Bertz CT molecular complexity index is 884. The zero-order valence-electron chi connectivity index (χ0n) is 15.7. The van der Waals surface area contributed by atoms with E-state index < -0.39 is 27.1 Å². The molecule has 27 heavy (non-hydrogen) atoms. The smallest absolute Gasteiger partial charge is 0.219 e. The number of hydrogen-bond donors (Lipinski definition) is 1. The Morgan fingerprint density at radius 2 is 1.85 bits per heavy atom. The summed E-state index contributed by atoms with van der Waals surface area (Å²) in [7, 11) is -1.99. The Hall–Kier alpha value is -1.80. The van der Waals surface area contributed by atoms with Gasteiger partial charge in [-0.25, -0.2) is 17.5 Å². The molecule has 2 unspecified atom stereocenters. The lowest BCUT2D eigenvalue weighted by atomic mass is 9.98. The maximum Gasteiger partial charge on any atom is 0.219 e. The molecular weight excluding hydrogens is 367 g/mol. The zero-order chi connectivity index (χ0) is 19.6. The first-order valence-electron chi connectivity index (χ1n) is 8.97. The summed E-state index contributed by atoms with van der Waals surface area (Å²) in [6.45, 7) is 4.19. The molecule has 2 aromatic carbocycles. The van der Waals surface area contributed by atoms with Crippen LogP contribution in [0.4, 0.5) is 4.39 Å². The van der Waals surface area contributed by atoms with Crippen LogP contribution in [0.2, 0.25) is 0 Å². The third-order valence-electron chi connectivity index (χ3n) is 4.95. The highest BCUT2D eigenvalue weighted by atomic mass is 32.2. The minimum Gasteiger partial charge on any atom is -0.297 e. The highest BCUT2D eigenvalue weighted by Gasteiger charge is 2.43. The summed E-state index contributed by atoms with van der Waals surface area (Å²) in [4.78, 5) is 5.51. The molecule has 146 valence electrons. The fourth-order valence-electron chi connectivity index (χ4n) is 3.29. The van der Waals surface area contributed by atoms with Crippen LogP contribution >= 0.6 is 0 Å². The molecule has 3 rings (SSSR count). The van der Waals surface area contributed by atoms with Crippen LogP contribution in [-0.2, 0) is 21.4 Å². The Morgan fingerprint density at radius 3 is 2.48 bits per heavy atom. The van der Waals surface area contributed by atoms with E-state index in [1.165, 1.54) is 11.6 Å². The first-order valence-corrected chi connectivity index (χ1v) is 10.5. The van der Waals surface area contributed by atoms with Crippen molar-refractivity contribution in [2.24, 2.45) is 0 Å². The standard InChI is InChI=1S/C20H25FN2O3S/c1-14(2)15-8-10-16(11-9-15)20-19(13-26-23(20)3)27(24,25)22-12-17-6-4-5-7-18(17)21/h4-11,14,19-20,22H,12-13H2,1-3H3. The fourth-order valence-corrected chi connectivity index (χ4v) is 4.76. The van der Waals surface area contributed by atoms with E-state index in [0.717, 1.165) is 5.56 Å². The van der Waals surface area contributed by atoms with Crippen LogP contribution in [0.1, 0.15) is 42.5 Å². The van der Waals surface area contributed by atoms with Gasteiger partial charge in [0, 0.05) is 19.2 Å². The summed E-state index contributed by atoms with van der Waals surface area (Å²) < 4.78 is 42.1. The first-order chi connectivity index (χ1) is 12.8. The van der Waals surface area contributed by atoms with Crippen molar-refractivity contribution in [2.75, 3.05) is 13.7 Å². The highest BCUT2D eigenvalue weighted by Crippen LogP contribution is 2.34. The van der Waals surface area contributed by atoms with Crippen LogP contribution in [0.3, 0.4) is 0 Å². The number of halogens is 1. The van der Waals surface area contributed by atoms with Gasteiger partial charge in [-0.2, -0.15) is 5.06 Å². The molecule has 1 aliphatic heterocycles. The largest absolute Gasteiger partial charge is 0.297 e. The van der Waals surface area contributed by atoms with Crippen LogP contribution < -0.4 is 4.72 Å². The number of benzene rings is 2. The molecule has 0 radical (unpaired) electrons. The second-order valence-electron chi connectivity index (χ2n) is 7.10. The van der Waals surface area contributed by atoms with E-state index in [4.69, 9.17) is 4.84 Å². The number of hydroxylamine groups is 2. The number of hydrogen-bond acceptors (Lipinski definition) is 4. The van der Waals surface area contributed by atoms with Crippen molar-refractivity contribution in [1.29, 1.82) is 0 Å². The summed E-state index contributed by atoms with van der Waals surface area (Å²) in [6.07, 6.45) is 0. The Morgan fingerprint density at radius 1 is 1.19 bits per heavy atom. The molecule has 5 nitrogen and oxygen atoms in total. The number of sulfonamides is 1. The van der Waals surface area contributed by atoms with E-state index in [0.29, 0.717) is 11.5 Å². The van der Waals surface area contributed by atoms with Gasteiger partial charge in [-0.05, 0) is 23.1 Å². The number of nitrogens with zero attached hydrogens (tertiary/aromatic N) is 1. The molecule has 0 spiro atoms. The van der Waals surface area contributed by atoms with E-state index in [9.17, 15) is 12.8 Å². The van der Waals surface area contributed by atoms with Crippen LogP contribution in [0, 0.1) is 5.82 Å². The van der Waals surface area contributed by atoms with Gasteiger partial charge in [0.1, 0.15) is 11.1 Å². The maximum absolute atomic E-state index is 13.8. The van der Waals surface area contributed by atoms with Gasteiger partial charge in [-0.3, -0.25) is 4.84 Å². The van der Waals surface area contributed by atoms with Crippen molar-refractivity contribution in [1.82, 2.24) is 9.79 Å². The molecule has 0 aromatic heterocycles. The molecule has 0 bridgehead atoms. The second kappa shape index (κ2) is 8.06. The normalized spacial score (nSPS) is 21.1. The molecule has 1 heterocycles. The maximum atomic E-state index is 13.8. The number of nitrogens with one attached hydrogen (secondary N) is 1. The molecule has 2 aromatic rings. The molecule has 0 saturated carbocycles. The predicted octanol–water partition coefficient (Wildman–Crippen LogP) is 3.36. The fraction of sp³-hybridized carbons (Fsp3) is 0.400. The van der Waals surface area contributed by atoms with Gasteiger partial charge in [0.05, 0.1) is 12.6 Å². The van der Waals surface area contributed by atoms with Gasteiger partial charge < -0.3 is 0 Å². The summed E-state index contributed by atoms with van der Waals surface area (Å²) >= 11 is 0. The summed E-state index contributed by atoms with van der Waals surface area (Å²) in [6, 6.07) is 13.6. The molecule has 1 aliphatic rings. The van der Waals surface area contributed by atoms with Crippen molar-refractivity contribution in [3.8, 4) is 0 Å². The van der Waals surface area contributed by atoms with Crippen molar-refractivity contribution in [2.45, 2.75) is 37.6 Å². The molecule has 1 saturated heterocycles. The molecule has 1 fully saturated rings. The summed E-state index contributed by atoms with van der Waals surface area (Å²) in [5.41, 5.74) is 2.38. The van der Waals surface area contributed by atoms with E-state index in [1.807, 2.05) is 24.3 Å². The van der Waals surface area contributed by atoms with Crippen molar-refractivity contribution in [3.05, 3.63) is 71.0 Å². The molecule has 0 aliphatic carbocycles. The van der Waals surface area contributed by atoms with E-state index in [1.54, 1.807) is 30.3 Å². The van der Waals surface area contributed by atoms with Gasteiger partial charge in [0.2, 0.25) is 10.0 Å². The summed E-state index contributed by atoms with van der Waals surface area (Å²) in [5, 5.41) is 0.802. The van der Waals surface area contributed by atoms with Crippen molar-refractivity contribution < 1.29 is 17.6 Å². The van der Waals surface area contributed by atoms with Crippen LogP contribution in [0.25, 0.3) is 0 Å². The number of rotatable bonds is 6. The van der Waals surface area contributed by atoms with Gasteiger partial charge in [-0.1, -0.05) is 56.3 Å². The molecule has 1 N–H and O–H groups in total. The Kier molecular flexibility index (Phi) is 5.95. The molecule has 0 amide bonds. The lowest BCUT2D eigenvalue weighted by Gasteiger charge is -2.23. The van der Waals surface area contributed by atoms with Gasteiger partial charge in [0.15, 0.2) is 0 Å². The predicted molar refractivity (Wildman–Crippen MR) is 103 cm³/mol. The lowest BCUT2D eigenvalue weighted by molar-refractivity contribution is -0.110. The van der Waals surface area contributed by atoms with Crippen LogP contribution in [-0.4, -0.2) is 32.4 Å². The lowest BCUT2D eigenvalue weighted by Crippen LogP contribution is -2.39. The average molecular weight is 392 g/mol. The topological polar surface area (TPSA) is 58.6 Å². The Labute approximate surface area is 160 Å². The van der Waals surface area contributed by atoms with Crippen LogP contribution in [0.15, 0.2) is 48.5 Å². The van der Waals surface area contributed by atoms with Gasteiger partial charge >= 0.3 is 0 Å². The minimum atomic E-state index is -3.71.